The summed E-state index contributed by atoms with van der Waals surface area (Å²) in [5.41, 5.74) is 0.770. The molecule has 4 heteroatoms. The van der Waals surface area contributed by atoms with Crippen LogP contribution < -0.4 is 0 Å². The lowest BCUT2D eigenvalue weighted by Gasteiger charge is -2.18. The fourth-order valence-electron chi connectivity index (χ4n) is 2.65. The Kier molecular flexibility index (Phi) is 4.04. The predicted octanol–water partition coefficient (Wildman–Crippen LogP) is 4.10. The summed E-state index contributed by atoms with van der Waals surface area (Å²) < 4.78 is 18.6. The molecule has 1 amide bonds. The van der Waals surface area contributed by atoms with E-state index in [0.717, 1.165) is 31.5 Å². The summed E-state index contributed by atoms with van der Waals surface area (Å²) in [6, 6.07) is 9.52. The molecule has 1 saturated heterocycles. The summed E-state index contributed by atoms with van der Waals surface area (Å²) in [6.45, 7) is 1.59. The normalized spacial score (nSPS) is 15.8. The minimum absolute atomic E-state index is 0.0507. The number of halogens is 1. The van der Waals surface area contributed by atoms with Crippen LogP contribution in [0.25, 0.3) is 11.3 Å². The Bertz CT molecular complexity index is 610. The molecule has 0 saturated carbocycles. The van der Waals surface area contributed by atoms with Crippen LogP contribution in [0, 0.1) is 5.82 Å². The third-order valence-electron chi connectivity index (χ3n) is 3.84. The highest BCUT2D eigenvalue weighted by Crippen LogP contribution is 2.23. The van der Waals surface area contributed by atoms with Gasteiger partial charge in [0.1, 0.15) is 11.6 Å². The topological polar surface area (TPSA) is 33.5 Å². The average Bonchev–Trinajstić information content (AvgIpc) is 2.83. The minimum atomic E-state index is -0.286. The fraction of sp³-hybridized carbons (Fsp3) is 0.353. The van der Waals surface area contributed by atoms with Gasteiger partial charge in [-0.3, -0.25) is 4.79 Å². The van der Waals surface area contributed by atoms with Crippen molar-refractivity contribution in [2.75, 3.05) is 13.1 Å². The summed E-state index contributed by atoms with van der Waals surface area (Å²) in [5.74, 6) is 0.612. The molecule has 0 spiro atoms. The van der Waals surface area contributed by atoms with Crippen LogP contribution >= 0.6 is 0 Å². The molecule has 0 atom stereocenters. The SMILES string of the molecule is O=C(c1ccc(-c2ccc(F)cc2)o1)N1CCCCCC1. The summed E-state index contributed by atoms with van der Waals surface area (Å²) in [7, 11) is 0. The molecule has 0 radical (unpaired) electrons. The zero-order valence-corrected chi connectivity index (χ0v) is 11.8. The van der Waals surface area contributed by atoms with Crippen LogP contribution in [-0.4, -0.2) is 23.9 Å². The lowest BCUT2D eigenvalue weighted by molar-refractivity contribution is 0.0730. The van der Waals surface area contributed by atoms with Gasteiger partial charge >= 0.3 is 0 Å². The van der Waals surface area contributed by atoms with Crippen molar-refractivity contribution in [3.8, 4) is 11.3 Å². The number of rotatable bonds is 2. The van der Waals surface area contributed by atoms with E-state index < -0.39 is 0 Å². The Hall–Kier alpha value is -2.10. The number of nitrogens with zero attached hydrogens (tertiary/aromatic N) is 1. The first kappa shape index (κ1) is 13.9. The van der Waals surface area contributed by atoms with Crippen molar-refractivity contribution in [2.45, 2.75) is 25.7 Å². The second-order valence-corrected chi connectivity index (χ2v) is 5.38. The number of amides is 1. The van der Waals surface area contributed by atoms with E-state index >= 15 is 0 Å². The molecule has 1 aromatic carbocycles. The number of furan rings is 1. The van der Waals surface area contributed by atoms with Gasteiger partial charge in [-0.15, -0.1) is 0 Å². The van der Waals surface area contributed by atoms with Gasteiger partial charge in [0.05, 0.1) is 0 Å². The van der Waals surface area contributed by atoms with Crippen LogP contribution in [-0.2, 0) is 0 Å². The summed E-state index contributed by atoms with van der Waals surface area (Å²) in [4.78, 5) is 14.3. The molecule has 0 aliphatic carbocycles. The number of carbonyl (C=O) groups is 1. The fourth-order valence-corrected chi connectivity index (χ4v) is 2.65. The summed E-state index contributed by atoms with van der Waals surface area (Å²) >= 11 is 0. The number of carbonyl (C=O) groups excluding carboxylic acids is 1. The molecule has 2 aromatic rings. The molecular weight excluding hydrogens is 269 g/mol. The van der Waals surface area contributed by atoms with E-state index in [2.05, 4.69) is 0 Å². The maximum atomic E-state index is 12.9. The largest absolute Gasteiger partial charge is 0.451 e. The van der Waals surface area contributed by atoms with Crippen LogP contribution in [0.4, 0.5) is 4.39 Å². The Morgan fingerprint density at radius 1 is 0.952 bits per heavy atom. The van der Waals surface area contributed by atoms with Crippen molar-refractivity contribution in [1.82, 2.24) is 4.90 Å². The summed E-state index contributed by atoms with van der Waals surface area (Å²) in [5, 5.41) is 0. The van der Waals surface area contributed by atoms with E-state index in [-0.39, 0.29) is 11.7 Å². The van der Waals surface area contributed by atoms with Gasteiger partial charge in [-0.2, -0.15) is 0 Å². The highest BCUT2D eigenvalue weighted by atomic mass is 19.1. The van der Waals surface area contributed by atoms with Crippen LogP contribution in [0.15, 0.2) is 40.8 Å². The Morgan fingerprint density at radius 2 is 1.62 bits per heavy atom. The number of benzene rings is 1. The van der Waals surface area contributed by atoms with E-state index in [1.807, 2.05) is 4.90 Å². The maximum Gasteiger partial charge on any atom is 0.289 e. The molecular formula is C17H18FNO2. The van der Waals surface area contributed by atoms with Crippen molar-refractivity contribution in [3.63, 3.8) is 0 Å². The molecule has 0 unspecified atom stereocenters. The highest BCUT2D eigenvalue weighted by molar-refractivity contribution is 5.92. The van der Waals surface area contributed by atoms with Gasteiger partial charge in [-0.1, -0.05) is 12.8 Å². The number of hydrogen-bond acceptors (Lipinski definition) is 2. The average molecular weight is 287 g/mol. The highest BCUT2D eigenvalue weighted by Gasteiger charge is 2.20. The Morgan fingerprint density at radius 3 is 2.29 bits per heavy atom. The first-order chi connectivity index (χ1) is 10.2. The van der Waals surface area contributed by atoms with Gasteiger partial charge in [0.25, 0.3) is 5.91 Å². The molecule has 0 bridgehead atoms. The van der Waals surface area contributed by atoms with Crippen LogP contribution in [0.5, 0.6) is 0 Å². The molecule has 110 valence electrons. The van der Waals surface area contributed by atoms with E-state index in [1.54, 1.807) is 24.3 Å². The van der Waals surface area contributed by atoms with E-state index in [4.69, 9.17) is 4.42 Å². The van der Waals surface area contributed by atoms with Crippen molar-refractivity contribution in [1.29, 1.82) is 0 Å². The van der Waals surface area contributed by atoms with Crippen LogP contribution in [0.3, 0.4) is 0 Å². The quantitative estimate of drug-likeness (QED) is 0.833. The molecule has 3 rings (SSSR count). The Balaban J connectivity index is 1.77. The number of likely N-dealkylation sites (tertiary alicyclic amines) is 1. The molecule has 1 aliphatic heterocycles. The molecule has 1 aromatic heterocycles. The molecule has 3 nitrogen and oxygen atoms in total. The van der Waals surface area contributed by atoms with E-state index in [1.165, 1.54) is 25.0 Å². The van der Waals surface area contributed by atoms with Crippen molar-refractivity contribution < 1.29 is 13.6 Å². The van der Waals surface area contributed by atoms with Crippen molar-refractivity contribution in [3.05, 3.63) is 48.0 Å². The maximum absolute atomic E-state index is 12.9. The first-order valence-electron chi connectivity index (χ1n) is 7.39. The lowest BCUT2D eigenvalue weighted by Crippen LogP contribution is -2.31. The van der Waals surface area contributed by atoms with Gasteiger partial charge in [0.2, 0.25) is 0 Å². The van der Waals surface area contributed by atoms with Gasteiger partial charge in [-0.25, -0.2) is 4.39 Å². The summed E-state index contributed by atoms with van der Waals surface area (Å²) in [6.07, 6.45) is 4.47. The van der Waals surface area contributed by atoms with Gasteiger partial charge in [0.15, 0.2) is 5.76 Å². The second-order valence-electron chi connectivity index (χ2n) is 5.38. The zero-order chi connectivity index (χ0) is 14.7. The molecule has 1 fully saturated rings. The van der Waals surface area contributed by atoms with Gasteiger partial charge < -0.3 is 9.32 Å². The lowest BCUT2D eigenvalue weighted by atomic mass is 10.2. The molecule has 2 heterocycles. The monoisotopic (exact) mass is 287 g/mol. The second kappa shape index (κ2) is 6.12. The molecule has 1 aliphatic rings. The standard InChI is InChI=1S/C17H18FNO2/c18-14-7-5-13(6-8-14)15-9-10-16(21-15)17(20)19-11-3-1-2-4-12-19/h5-10H,1-4,11-12H2. The molecule has 0 N–H and O–H groups in total. The zero-order valence-electron chi connectivity index (χ0n) is 11.8. The van der Waals surface area contributed by atoms with Crippen molar-refractivity contribution in [2.24, 2.45) is 0 Å². The van der Waals surface area contributed by atoms with E-state index in [9.17, 15) is 9.18 Å². The molecule has 21 heavy (non-hydrogen) atoms. The third kappa shape index (κ3) is 3.15. The van der Waals surface area contributed by atoms with Crippen molar-refractivity contribution >= 4 is 5.91 Å². The minimum Gasteiger partial charge on any atom is -0.451 e. The smallest absolute Gasteiger partial charge is 0.289 e. The predicted molar refractivity (Wildman–Crippen MR) is 78.5 cm³/mol. The van der Waals surface area contributed by atoms with Gasteiger partial charge in [0, 0.05) is 18.7 Å². The van der Waals surface area contributed by atoms with Gasteiger partial charge in [-0.05, 0) is 49.2 Å². The van der Waals surface area contributed by atoms with E-state index in [0.29, 0.717) is 11.5 Å². The number of hydrogen-bond donors (Lipinski definition) is 0. The van der Waals surface area contributed by atoms with Crippen LogP contribution in [0.2, 0.25) is 0 Å². The third-order valence-corrected chi connectivity index (χ3v) is 3.84. The Labute approximate surface area is 123 Å². The van der Waals surface area contributed by atoms with Crippen LogP contribution in [0.1, 0.15) is 36.2 Å². The first-order valence-corrected chi connectivity index (χ1v) is 7.39.